The van der Waals surface area contributed by atoms with Crippen LogP contribution in [0.3, 0.4) is 0 Å². The van der Waals surface area contributed by atoms with Gasteiger partial charge in [-0.25, -0.2) is 9.37 Å². The normalized spacial score (nSPS) is 15.3. The number of aromatic nitrogens is 2. The highest BCUT2D eigenvalue weighted by atomic mass is 127. The molecule has 1 aliphatic rings. The van der Waals surface area contributed by atoms with Gasteiger partial charge in [-0.1, -0.05) is 12.8 Å². The van der Waals surface area contributed by atoms with Crippen molar-refractivity contribution >= 4 is 45.2 Å². The van der Waals surface area contributed by atoms with Gasteiger partial charge in [0.15, 0.2) is 0 Å². The summed E-state index contributed by atoms with van der Waals surface area (Å²) in [4.78, 5) is 4.51. The zero-order chi connectivity index (χ0) is 13.4. The summed E-state index contributed by atoms with van der Waals surface area (Å²) < 4.78 is 16.4. The van der Waals surface area contributed by atoms with Crippen molar-refractivity contribution in [2.24, 2.45) is 5.92 Å². The first-order valence-electron chi connectivity index (χ1n) is 6.59. The minimum atomic E-state index is -0.183. The van der Waals surface area contributed by atoms with Crippen LogP contribution in [0.25, 0.3) is 11.0 Å². The van der Waals surface area contributed by atoms with Crippen molar-refractivity contribution in [2.45, 2.75) is 38.1 Å². The lowest BCUT2D eigenvalue weighted by molar-refractivity contribution is 0.574. The highest BCUT2D eigenvalue weighted by molar-refractivity contribution is 14.1. The van der Waals surface area contributed by atoms with Crippen molar-refractivity contribution in [2.75, 3.05) is 0 Å². The minimum absolute atomic E-state index is 0.183. The summed E-state index contributed by atoms with van der Waals surface area (Å²) in [5.41, 5.74) is 1.71. The SMILES string of the molecule is Fc1cc2c(cc1I)nc(CCl)n2CCCC1CC1. The summed E-state index contributed by atoms with van der Waals surface area (Å²) in [5, 5.41) is 0. The Morgan fingerprint density at radius 1 is 1.42 bits per heavy atom. The molecule has 2 nitrogen and oxygen atoms in total. The molecule has 0 spiro atoms. The Morgan fingerprint density at radius 2 is 2.21 bits per heavy atom. The largest absolute Gasteiger partial charge is 0.327 e. The predicted molar refractivity (Wildman–Crippen MR) is 83.9 cm³/mol. The second kappa shape index (κ2) is 5.56. The van der Waals surface area contributed by atoms with E-state index in [4.69, 9.17) is 11.6 Å². The second-order valence-corrected chi connectivity index (χ2v) is 6.58. The van der Waals surface area contributed by atoms with Crippen molar-refractivity contribution < 1.29 is 4.39 Å². The third-order valence-corrected chi connectivity index (χ3v) is 4.75. The standard InChI is InChI=1S/C14H15ClFIN2/c15-8-14-18-12-7-11(17)10(16)6-13(12)19(14)5-1-2-9-3-4-9/h6-7,9H,1-5,8H2. The van der Waals surface area contributed by atoms with Crippen molar-refractivity contribution in [3.63, 3.8) is 0 Å². The molecule has 3 rings (SSSR count). The first-order valence-corrected chi connectivity index (χ1v) is 8.20. The van der Waals surface area contributed by atoms with Gasteiger partial charge in [0, 0.05) is 12.6 Å². The molecule has 1 aliphatic carbocycles. The smallest absolute Gasteiger partial charge is 0.138 e. The maximum atomic E-state index is 13.7. The maximum absolute atomic E-state index is 13.7. The predicted octanol–water partition coefficient (Wildman–Crippen LogP) is 4.71. The van der Waals surface area contributed by atoms with E-state index in [1.54, 1.807) is 12.1 Å². The van der Waals surface area contributed by atoms with Gasteiger partial charge in [-0.3, -0.25) is 0 Å². The molecule has 0 radical (unpaired) electrons. The van der Waals surface area contributed by atoms with E-state index in [2.05, 4.69) is 9.55 Å². The Morgan fingerprint density at radius 3 is 2.89 bits per heavy atom. The second-order valence-electron chi connectivity index (χ2n) is 5.15. The zero-order valence-corrected chi connectivity index (χ0v) is 13.4. The lowest BCUT2D eigenvalue weighted by atomic mass is 10.2. The Labute approximate surface area is 130 Å². The van der Waals surface area contributed by atoms with Crippen LogP contribution in [0, 0.1) is 15.3 Å². The first-order chi connectivity index (χ1) is 9.19. The van der Waals surface area contributed by atoms with E-state index in [1.165, 1.54) is 19.3 Å². The van der Waals surface area contributed by atoms with E-state index in [-0.39, 0.29) is 5.82 Å². The molecule has 2 aromatic rings. The van der Waals surface area contributed by atoms with Gasteiger partial charge in [-0.15, -0.1) is 11.6 Å². The van der Waals surface area contributed by atoms with E-state index < -0.39 is 0 Å². The minimum Gasteiger partial charge on any atom is -0.327 e. The monoisotopic (exact) mass is 392 g/mol. The molecule has 0 aliphatic heterocycles. The van der Waals surface area contributed by atoms with Gasteiger partial charge < -0.3 is 4.57 Å². The van der Waals surface area contributed by atoms with Crippen LogP contribution in [0.2, 0.25) is 0 Å². The summed E-state index contributed by atoms with van der Waals surface area (Å²) in [6, 6.07) is 3.37. The number of hydrogen-bond acceptors (Lipinski definition) is 1. The number of aryl methyl sites for hydroxylation is 1. The summed E-state index contributed by atoms with van der Waals surface area (Å²) in [6.07, 6.45) is 5.13. The third kappa shape index (κ3) is 2.89. The van der Waals surface area contributed by atoms with Crippen LogP contribution < -0.4 is 0 Å². The molecule has 102 valence electrons. The fourth-order valence-corrected chi connectivity index (χ4v) is 3.12. The molecule has 0 amide bonds. The van der Waals surface area contributed by atoms with Gasteiger partial charge in [0.2, 0.25) is 0 Å². The van der Waals surface area contributed by atoms with Gasteiger partial charge in [0.25, 0.3) is 0 Å². The van der Waals surface area contributed by atoms with Crippen LogP contribution >= 0.6 is 34.2 Å². The summed E-state index contributed by atoms with van der Waals surface area (Å²) in [6.45, 7) is 0.884. The number of rotatable bonds is 5. The quantitative estimate of drug-likeness (QED) is 0.532. The topological polar surface area (TPSA) is 17.8 Å². The van der Waals surface area contributed by atoms with Crippen LogP contribution in [0.5, 0.6) is 0 Å². The fourth-order valence-electron chi connectivity index (χ4n) is 2.47. The van der Waals surface area contributed by atoms with E-state index in [1.807, 2.05) is 22.6 Å². The molecule has 0 N–H and O–H groups in total. The number of halogens is 3. The highest BCUT2D eigenvalue weighted by Crippen LogP contribution is 2.34. The van der Waals surface area contributed by atoms with Crippen molar-refractivity contribution in [3.8, 4) is 0 Å². The maximum Gasteiger partial charge on any atom is 0.138 e. The molecule has 19 heavy (non-hydrogen) atoms. The van der Waals surface area contributed by atoms with E-state index >= 15 is 0 Å². The number of fused-ring (bicyclic) bond motifs is 1. The van der Waals surface area contributed by atoms with Gasteiger partial charge in [0.05, 0.1) is 20.5 Å². The molecule has 0 saturated heterocycles. The number of alkyl halides is 1. The third-order valence-electron chi connectivity index (χ3n) is 3.68. The van der Waals surface area contributed by atoms with Gasteiger partial charge >= 0.3 is 0 Å². The Hall–Kier alpha value is -0.360. The molecular formula is C14H15ClFIN2. The molecule has 0 bridgehead atoms. The lowest BCUT2D eigenvalue weighted by Gasteiger charge is -2.07. The summed E-state index contributed by atoms with van der Waals surface area (Å²) >= 11 is 7.95. The van der Waals surface area contributed by atoms with E-state index in [0.29, 0.717) is 9.45 Å². The summed E-state index contributed by atoms with van der Waals surface area (Å²) in [5.74, 6) is 1.95. The molecular weight excluding hydrogens is 378 g/mol. The molecule has 1 aromatic heterocycles. The van der Waals surface area contributed by atoms with Crippen molar-refractivity contribution in [1.29, 1.82) is 0 Å². The number of benzene rings is 1. The van der Waals surface area contributed by atoms with Gasteiger partial charge in [-0.05, 0) is 47.4 Å². The van der Waals surface area contributed by atoms with Crippen molar-refractivity contribution in [3.05, 3.63) is 27.3 Å². The Bertz CT molecular complexity index is 607. The molecule has 1 saturated carbocycles. The molecule has 1 heterocycles. The van der Waals surface area contributed by atoms with Gasteiger partial charge in [-0.2, -0.15) is 0 Å². The highest BCUT2D eigenvalue weighted by Gasteiger charge is 2.21. The van der Waals surface area contributed by atoms with Crippen LogP contribution in [-0.4, -0.2) is 9.55 Å². The molecule has 1 aromatic carbocycles. The Kier molecular flexibility index (Phi) is 3.98. The average Bonchev–Trinajstić information content (AvgIpc) is 3.15. The molecule has 0 atom stereocenters. The Balaban J connectivity index is 1.91. The zero-order valence-electron chi connectivity index (χ0n) is 10.5. The fraction of sp³-hybridized carbons (Fsp3) is 0.500. The van der Waals surface area contributed by atoms with Gasteiger partial charge in [0.1, 0.15) is 11.6 Å². The van der Waals surface area contributed by atoms with Crippen LogP contribution in [0.1, 0.15) is 31.5 Å². The average molecular weight is 393 g/mol. The van der Waals surface area contributed by atoms with Crippen LogP contribution in [0.15, 0.2) is 12.1 Å². The van der Waals surface area contributed by atoms with Crippen LogP contribution in [-0.2, 0) is 12.4 Å². The summed E-state index contributed by atoms with van der Waals surface area (Å²) in [7, 11) is 0. The molecule has 5 heteroatoms. The number of nitrogens with zero attached hydrogens (tertiary/aromatic N) is 2. The molecule has 0 unspecified atom stereocenters. The van der Waals surface area contributed by atoms with Crippen LogP contribution in [0.4, 0.5) is 4.39 Å². The first kappa shape index (κ1) is 13.6. The lowest BCUT2D eigenvalue weighted by Crippen LogP contribution is -2.03. The number of imidazole rings is 1. The molecule has 1 fully saturated rings. The van der Waals surface area contributed by atoms with E-state index in [9.17, 15) is 4.39 Å². The number of hydrogen-bond donors (Lipinski definition) is 0. The van der Waals surface area contributed by atoms with E-state index in [0.717, 1.165) is 35.7 Å². The van der Waals surface area contributed by atoms with Crippen molar-refractivity contribution in [1.82, 2.24) is 9.55 Å².